The van der Waals surface area contributed by atoms with Crippen LogP contribution in [0.5, 0.6) is 0 Å². The van der Waals surface area contributed by atoms with Crippen LogP contribution >= 0.6 is 0 Å². The molecule has 162 valence electrons. The van der Waals surface area contributed by atoms with Gasteiger partial charge in [0.25, 0.3) is 0 Å². The standard InChI is InChI=1S/C19H35N3O5S/c1-3-27-18(23)20-13-9-19(24,10-14-20)15-21-11-6-8-17-16(21)7-4-5-12-22(17)28(2,25)26/h16-17,24H,3-15H2,1-2H3/t16-,17-/m1/s1. The molecule has 0 radical (unpaired) electrons. The molecule has 2 atom stereocenters. The van der Waals surface area contributed by atoms with Crippen molar-refractivity contribution in [3.05, 3.63) is 0 Å². The van der Waals surface area contributed by atoms with Crippen molar-refractivity contribution in [1.29, 1.82) is 0 Å². The lowest BCUT2D eigenvalue weighted by Crippen LogP contribution is -2.60. The number of nitrogens with zero attached hydrogens (tertiary/aromatic N) is 3. The molecule has 3 saturated heterocycles. The van der Waals surface area contributed by atoms with Crippen LogP contribution in [0, 0.1) is 0 Å². The van der Waals surface area contributed by atoms with Crippen LogP contribution in [0.2, 0.25) is 0 Å². The molecular formula is C19H35N3O5S. The average molecular weight is 418 g/mol. The first kappa shape index (κ1) is 21.8. The molecule has 0 unspecified atom stereocenters. The van der Waals surface area contributed by atoms with Gasteiger partial charge in [0.05, 0.1) is 18.5 Å². The molecule has 0 saturated carbocycles. The van der Waals surface area contributed by atoms with E-state index in [0.29, 0.717) is 45.6 Å². The van der Waals surface area contributed by atoms with Crippen molar-refractivity contribution in [3.8, 4) is 0 Å². The maximum atomic E-state index is 12.3. The lowest BCUT2D eigenvalue weighted by Gasteiger charge is -2.48. The zero-order chi connectivity index (χ0) is 20.4. The molecule has 3 fully saturated rings. The van der Waals surface area contributed by atoms with Crippen LogP contribution in [-0.2, 0) is 14.8 Å². The number of β-amino-alcohol motifs (C(OH)–C–C–N with tert-alkyl or cyclic N) is 1. The molecule has 0 aromatic rings. The Balaban J connectivity index is 1.66. The Morgan fingerprint density at radius 3 is 2.39 bits per heavy atom. The molecule has 0 bridgehead atoms. The number of hydrogen-bond donors (Lipinski definition) is 1. The van der Waals surface area contributed by atoms with E-state index in [4.69, 9.17) is 4.74 Å². The molecule has 3 rings (SSSR count). The Morgan fingerprint density at radius 2 is 1.75 bits per heavy atom. The molecule has 1 amide bonds. The topological polar surface area (TPSA) is 90.4 Å². The Kier molecular flexibility index (Phi) is 6.89. The van der Waals surface area contributed by atoms with E-state index in [2.05, 4.69) is 4.90 Å². The zero-order valence-electron chi connectivity index (χ0n) is 17.2. The minimum Gasteiger partial charge on any atom is -0.450 e. The summed E-state index contributed by atoms with van der Waals surface area (Å²) in [7, 11) is -3.23. The van der Waals surface area contributed by atoms with Gasteiger partial charge < -0.3 is 14.7 Å². The van der Waals surface area contributed by atoms with Crippen LogP contribution in [0.4, 0.5) is 4.79 Å². The van der Waals surface area contributed by atoms with Crippen molar-refractivity contribution in [2.75, 3.05) is 45.6 Å². The molecule has 28 heavy (non-hydrogen) atoms. The van der Waals surface area contributed by atoms with Crippen molar-refractivity contribution >= 4 is 16.1 Å². The van der Waals surface area contributed by atoms with Gasteiger partial charge in [0.2, 0.25) is 10.0 Å². The van der Waals surface area contributed by atoms with E-state index in [0.717, 1.165) is 38.6 Å². The lowest BCUT2D eigenvalue weighted by atomic mass is 9.87. The van der Waals surface area contributed by atoms with Crippen LogP contribution < -0.4 is 0 Å². The second kappa shape index (κ2) is 8.85. The van der Waals surface area contributed by atoms with Gasteiger partial charge in [0.1, 0.15) is 0 Å². The molecule has 9 heteroatoms. The van der Waals surface area contributed by atoms with E-state index in [1.165, 1.54) is 6.26 Å². The van der Waals surface area contributed by atoms with Crippen molar-refractivity contribution < 1.29 is 23.1 Å². The zero-order valence-corrected chi connectivity index (χ0v) is 18.0. The fourth-order valence-electron chi connectivity index (χ4n) is 5.07. The third-order valence-corrected chi connectivity index (χ3v) is 7.81. The Hall–Kier alpha value is -0.900. The lowest BCUT2D eigenvalue weighted by molar-refractivity contribution is -0.0628. The van der Waals surface area contributed by atoms with E-state index in [9.17, 15) is 18.3 Å². The summed E-state index contributed by atoms with van der Waals surface area (Å²) in [4.78, 5) is 15.9. The molecule has 3 heterocycles. The van der Waals surface area contributed by atoms with Crippen molar-refractivity contribution in [3.63, 3.8) is 0 Å². The summed E-state index contributed by atoms with van der Waals surface area (Å²) >= 11 is 0. The second-order valence-electron chi connectivity index (χ2n) is 8.53. The van der Waals surface area contributed by atoms with E-state index in [-0.39, 0.29) is 18.2 Å². The SMILES string of the molecule is CCOC(=O)N1CCC(O)(CN2CCC[C@@H]3[C@H]2CCCCN3S(C)(=O)=O)CC1. The van der Waals surface area contributed by atoms with Crippen molar-refractivity contribution in [2.45, 2.75) is 69.6 Å². The van der Waals surface area contributed by atoms with Crippen LogP contribution in [0.15, 0.2) is 0 Å². The number of carbonyl (C=O) groups excluding carboxylic acids is 1. The Labute approximate surface area is 168 Å². The summed E-state index contributed by atoms with van der Waals surface area (Å²) < 4.78 is 31.4. The summed E-state index contributed by atoms with van der Waals surface area (Å²) in [6, 6.07) is 0.174. The van der Waals surface area contributed by atoms with Gasteiger partial charge in [-0.2, -0.15) is 4.31 Å². The van der Waals surface area contributed by atoms with Crippen LogP contribution in [0.3, 0.4) is 0 Å². The van der Waals surface area contributed by atoms with Crippen LogP contribution in [-0.4, -0.2) is 97.0 Å². The largest absolute Gasteiger partial charge is 0.450 e. The van der Waals surface area contributed by atoms with Gasteiger partial charge in [-0.25, -0.2) is 13.2 Å². The number of likely N-dealkylation sites (tertiary alicyclic amines) is 2. The quantitative estimate of drug-likeness (QED) is 0.740. The second-order valence-corrected chi connectivity index (χ2v) is 10.5. The highest BCUT2D eigenvalue weighted by Crippen LogP contribution is 2.33. The molecule has 1 N–H and O–H groups in total. The first-order valence-electron chi connectivity index (χ1n) is 10.6. The summed E-state index contributed by atoms with van der Waals surface area (Å²) in [5.41, 5.74) is -0.840. The predicted molar refractivity (Wildman–Crippen MR) is 107 cm³/mol. The molecular weight excluding hydrogens is 382 g/mol. The normalized spacial score (nSPS) is 29.8. The van der Waals surface area contributed by atoms with Gasteiger partial charge in [0, 0.05) is 38.3 Å². The highest BCUT2D eigenvalue weighted by atomic mass is 32.2. The third-order valence-electron chi connectivity index (χ3n) is 6.50. The number of piperidine rings is 2. The predicted octanol–water partition coefficient (Wildman–Crippen LogP) is 1.25. The maximum absolute atomic E-state index is 12.3. The fourth-order valence-corrected chi connectivity index (χ4v) is 6.27. The number of amides is 1. The van der Waals surface area contributed by atoms with Gasteiger partial charge in [0.15, 0.2) is 0 Å². The van der Waals surface area contributed by atoms with Gasteiger partial charge in [-0.05, 0) is 52.0 Å². The summed E-state index contributed by atoms with van der Waals surface area (Å²) in [6.45, 7) is 5.17. The summed E-state index contributed by atoms with van der Waals surface area (Å²) in [5, 5.41) is 11.2. The number of aliphatic hydroxyl groups is 1. The highest BCUT2D eigenvalue weighted by Gasteiger charge is 2.43. The van der Waals surface area contributed by atoms with Gasteiger partial charge in [-0.15, -0.1) is 0 Å². The monoisotopic (exact) mass is 417 g/mol. The summed E-state index contributed by atoms with van der Waals surface area (Å²) in [6.07, 6.45) is 6.77. The Morgan fingerprint density at radius 1 is 1.07 bits per heavy atom. The number of sulfonamides is 1. The Bertz CT molecular complexity index is 648. The van der Waals surface area contributed by atoms with Crippen LogP contribution in [0.1, 0.15) is 51.9 Å². The van der Waals surface area contributed by atoms with Crippen LogP contribution in [0.25, 0.3) is 0 Å². The smallest absolute Gasteiger partial charge is 0.409 e. The van der Waals surface area contributed by atoms with Gasteiger partial charge in [-0.1, -0.05) is 6.42 Å². The van der Waals surface area contributed by atoms with E-state index in [1.807, 2.05) is 0 Å². The molecule has 0 spiro atoms. The molecule has 0 aliphatic carbocycles. The molecule has 3 aliphatic heterocycles. The third kappa shape index (κ3) is 4.98. The number of fused-ring (bicyclic) bond motifs is 1. The molecule has 0 aromatic carbocycles. The van der Waals surface area contributed by atoms with Crippen molar-refractivity contribution in [2.24, 2.45) is 0 Å². The molecule has 3 aliphatic rings. The van der Waals surface area contributed by atoms with E-state index < -0.39 is 15.6 Å². The molecule has 0 aromatic heterocycles. The van der Waals surface area contributed by atoms with E-state index in [1.54, 1.807) is 16.1 Å². The highest BCUT2D eigenvalue weighted by molar-refractivity contribution is 7.88. The number of hydrogen-bond acceptors (Lipinski definition) is 6. The first-order chi connectivity index (χ1) is 13.2. The average Bonchev–Trinajstić information content (AvgIpc) is 2.85. The first-order valence-corrected chi connectivity index (χ1v) is 12.4. The van der Waals surface area contributed by atoms with Crippen molar-refractivity contribution in [1.82, 2.24) is 14.1 Å². The number of ether oxygens (including phenoxy) is 1. The minimum atomic E-state index is -3.23. The molecule has 8 nitrogen and oxygen atoms in total. The number of carbonyl (C=O) groups is 1. The van der Waals surface area contributed by atoms with E-state index >= 15 is 0 Å². The fraction of sp³-hybridized carbons (Fsp3) is 0.947. The summed E-state index contributed by atoms with van der Waals surface area (Å²) in [5.74, 6) is 0. The number of rotatable bonds is 4. The minimum absolute atomic E-state index is 0.00877. The van der Waals surface area contributed by atoms with Gasteiger partial charge in [-0.3, -0.25) is 4.90 Å². The van der Waals surface area contributed by atoms with Gasteiger partial charge >= 0.3 is 6.09 Å². The maximum Gasteiger partial charge on any atom is 0.409 e.